The monoisotopic (exact) mass is 258 g/mol. The van der Waals surface area contributed by atoms with Crippen LogP contribution >= 0.6 is 11.8 Å². The van der Waals surface area contributed by atoms with E-state index in [0.29, 0.717) is 12.8 Å². The quantitative estimate of drug-likeness (QED) is 0.754. The van der Waals surface area contributed by atoms with E-state index in [0.717, 1.165) is 0 Å². The minimum atomic E-state index is -0.200. The largest absolute Gasteiger partial charge is 0.344 e. The molecule has 0 aromatic heterocycles. The van der Waals surface area contributed by atoms with Gasteiger partial charge in [0, 0.05) is 12.5 Å². The van der Waals surface area contributed by atoms with Crippen LogP contribution in [0.15, 0.2) is 0 Å². The zero-order valence-corrected chi connectivity index (χ0v) is 11.8. The highest BCUT2D eigenvalue weighted by molar-refractivity contribution is 8.01. The van der Waals surface area contributed by atoms with E-state index in [9.17, 15) is 9.59 Å². The van der Waals surface area contributed by atoms with Crippen molar-refractivity contribution in [3.8, 4) is 0 Å². The van der Waals surface area contributed by atoms with Gasteiger partial charge in [-0.25, -0.2) is 0 Å². The van der Waals surface area contributed by atoms with Crippen molar-refractivity contribution in [2.45, 2.75) is 63.2 Å². The molecule has 4 nitrogen and oxygen atoms in total. The molecule has 0 radical (unpaired) electrons. The number of carbonyl (C=O) groups excluding carboxylic acids is 2. The van der Waals surface area contributed by atoms with Gasteiger partial charge in [-0.1, -0.05) is 20.8 Å². The van der Waals surface area contributed by atoms with Gasteiger partial charge in [0.2, 0.25) is 5.91 Å². The molecule has 0 saturated carbocycles. The molecule has 5 heteroatoms. The second-order valence-corrected chi connectivity index (χ2v) is 6.25. The van der Waals surface area contributed by atoms with Crippen LogP contribution in [-0.4, -0.2) is 34.4 Å². The summed E-state index contributed by atoms with van der Waals surface area (Å²) < 4.78 is 0. The van der Waals surface area contributed by atoms with E-state index in [2.05, 4.69) is 10.6 Å². The summed E-state index contributed by atoms with van der Waals surface area (Å²) in [7, 11) is 0. The first-order valence-electron chi connectivity index (χ1n) is 6.18. The Morgan fingerprint density at radius 3 is 2.59 bits per heavy atom. The fraction of sp³-hybridized carbons (Fsp3) is 0.833. The van der Waals surface area contributed by atoms with E-state index < -0.39 is 0 Å². The smallest absolute Gasteiger partial charge is 0.234 e. The van der Waals surface area contributed by atoms with Crippen LogP contribution < -0.4 is 10.6 Å². The van der Waals surface area contributed by atoms with Crippen LogP contribution in [0.25, 0.3) is 0 Å². The minimum Gasteiger partial charge on any atom is -0.344 e. The van der Waals surface area contributed by atoms with Crippen LogP contribution in [0.4, 0.5) is 0 Å². The van der Waals surface area contributed by atoms with Crippen molar-refractivity contribution in [2.24, 2.45) is 0 Å². The molecule has 3 atom stereocenters. The molecule has 1 heterocycles. The summed E-state index contributed by atoms with van der Waals surface area (Å²) in [5, 5.41) is 6.17. The molecule has 0 bridgehead atoms. The van der Waals surface area contributed by atoms with Gasteiger partial charge in [0.05, 0.1) is 16.7 Å². The van der Waals surface area contributed by atoms with Crippen molar-refractivity contribution in [1.29, 1.82) is 0 Å². The highest BCUT2D eigenvalue weighted by Gasteiger charge is 2.33. The molecule has 1 aliphatic heterocycles. The van der Waals surface area contributed by atoms with E-state index in [1.54, 1.807) is 11.8 Å². The van der Waals surface area contributed by atoms with Crippen LogP contribution in [0.3, 0.4) is 0 Å². The summed E-state index contributed by atoms with van der Waals surface area (Å²) in [6, 6.07) is 0.0518. The van der Waals surface area contributed by atoms with Gasteiger partial charge in [0.1, 0.15) is 5.78 Å². The number of carbonyl (C=O) groups is 2. The summed E-state index contributed by atoms with van der Waals surface area (Å²) in [6.07, 6.45) is 1.10. The normalized spacial score (nSPS) is 26.1. The van der Waals surface area contributed by atoms with E-state index in [1.807, 2.05) is 27.7 Å². The molecule has 0 spiro atoms. The maximum atomic E-state index is 11.8. The molecule has 0 aromatic rings. The Balaban J connectivity index is 2.59. The minimum absolute atomic E-state index is 0.0574. The molecule has 1 aliphatic rings. The summed E-state index contributed by atoms with van der Waals surface area (Å²) in [4.78, 5) is 23.5. The van der Waals surface area contributed by atoms with Crippen molar-refractivity contribution < 1.29 is 9.59 Å². The van der Waals surface area contributed by atoms with Crippen LogP contribution in [0, 0.1) is 0 Å². The summed E-state index contributed by atoms with van der Waals surface area (Å²) in [6.45, 7) is 7.86. The number of Topliss-reactive ketones (excluding diaryl/α,β-unsaturated/α-hetero) is 1. The zero-order valence-electron chi connectivity index (χ0n) is 10.9. The van der Waals surface area contributed by atoms with Crippen molar-refractivity contribution >= 4 is 23.5 Å². The lowest BCUT2D eigenvalue weighted by Crippen LogP contribution is -2.43. The number of amides is 1. The summed E-state index contributed by atoms with van der Waals surface area (Å²) in [5.41, 5.74) is 0. The topological polar surface area (TPSA) is 58.2 Å². The first-order valence-corrected chi connectivity index (χ1v) is 7.13. The zero-order chi connectivity index (χ0) is 13.0. The van der Waals surface area contributed by atoms with Crippen molar-refractivity contribution in [3.05, 3.63) is 0 Å². The lowest BCUT2D eigenvalue weighted by Gasteiger charge is -2.21. The third-order valence-corrected chi connectivity index (χ3v) is 3.99. The molecular weight excluding hydrogens is 236 g/mol. The van der Waals surface area contributed by atoms with Gasteiger partial charge < -0.3 is 10.6 Å². The predicted molar refractivity (Wildman–Crippen MR) is 71.0 cm³/mol. The third kappa shape index (κ3) is 4.32. The average molecular weight is 258 g/mol. The number of nitrogens with one attached hydrogen (secondary N) is 2. The van der Waals surface area contributed by atoms with Gasteiger partial charge in [-0.2, -0.15) is 0 Å². The van der Waals surface area contributed by atoms with E-state index >= 15 is 0 Å². The molecule has 1 amide bonds. The fourth-order valence-corrected chi connectivity index (χ4v) is 3.13. The maximum absolute atomic E-state index is 11.8. The van der Waals surface area contributed by atoms with E-state index in [1.165, 1.54) is 0 Å². The Bertz CT molecular complexity index is 294. The lowest BCUT2D eigenvalue weighted by atomic mass is 10.0. The summed E-state index contributed by atoms with van der Waals surface area (Å²) in [5.74, 6) is 0.244. The molecule has 1 fully saturated rings. The molecule has 3 unspecified atom stereocenters. The van der Waals surface area contributed by atoms with Crippen LogP contribution in [0.2, 0.25) is 0 Å². The third-order valence-electron chi connectivity index (χ3n) is 2.73. The van der Waals surface area contributed by atoms with E-state index in [-0.39, 0.29) is 34.4 Å². The Morgan fingerprint density at radius 1 is 1.53 bits per heavy atom. The van der Waals surface area contributed by atoms with Crippen LogP contribution in [-0.2, 0) is 9.59 Å². The number of hydrogen-bond acceptors (Lipinski definition) is 4. The molecule has 0 aromatic carbocycles. The van der Waals surface area contributed by atoms with Crippen molar-refractivity contribution in [2.75, 3.05) is 0 Å². The molecular formula is C12H22N2O2S. The van der Waals surface area contributed by atoms with Crippen LogP contribution in [0.1, 0.15) is 40.5 Å². The Labute approximate surface area is 107 Å². The number of ketones is 1. The van der Waals surface area contributed by atoms with Crippen molar-refractivity contribution in [1.82, 2.24) is 10.6 Å². The molecule has 0 aliphatic carbocycles. The second kappa shape index (κ2) is 6.40. The Kier molecular flexibility index (Phi) is 5.46. The Morgan fingerprint density at radius 2 is 2.18 bits per heavy atom. The average Bonchev–Trinajstić information content (AvgIpc) is 2.54. The van der Waals surface area contributed by atoms with Gasteiger partial charge in [0.25, 0.3) is 0 Å². The first kappa shape index (κ1) is 14.5. The van der Waals surface area contributed by atoms with Gasteiger partial charge in [-0.3, -0.25) is 9.59 Å². The number of hydrogen-bond donors (Lipinski definition) is 2. The molecule has 98 valence electrons. The van der Waals surface area contributed by atoms with E-state index in [4.69, 9.17) is 0 Å². The molecule has 1 rings (SSSR count). The highest BCUT2D eigenvalue weighted by atomic mass is 32.2. The fourth-order valence-electron chi connectivity index (χ4n) is 1.95. The summed E-state index contributed by atoms with van der Waals surface area (Å²) >= 11 is 1.60. The molecule has 2 N–H and O–H groups in total. The number of rotatable bonds is 6. The second-order valence-electron chi connectivity index (χ2n) is 4.71. The number of thioether (sulfide) groups is 1. The Hall–Kier alpha value is -0.550. The lowest BCUT2D eigenvalue weighted by molar-refractivity contribution is -0.122. The van der Waals surface area contributed by atoms with Crippen molar-refractivity contribution in [3.63, 3.8) is 0 Å². The van der Waals surface area contributed by atoms with Gasteiger partial charge in [-0.15, -0.1) is 11.8 Å². The van der Waals surface area contributed by atoms with Gasteiger partial charge in [-0.05, 0) is 13.3 Å². The van der Waals surface area contributed by atoms with Crippen LogP contribution in [0.5, 0.6) is 0 Å². The first-order chi connectivity index (χ1) is 7.93. The predicted octanol–water partition coefficient (Wildman–Crippen LogP) is 1.30. The highest BCUT2D eigenvalue weighted by Crippen LogP contribution is 2.27. The molecule has 1 saturated heterocycles. The standard InChI is InChI=1S/C12H22N2O2S/c1-5-10(15)9(13-7(2)3)6-11-12(16)14-8(4)17-11/h7-9,11,13H,5-6H2,1-4H3,(H,14,16). The van der Waals surface area contributed by atoms with Gasteiger partial charge >= 0.3 is 0 Å². The SMILES string of the molecule is CCC(=O)C(CC1SC(C)NC1=O)NC(C)C. The molecule has 17 heavy (non-hydrogen) atoms. The maximum Gasteiger partial charge on any atom is 0.234 e. The van der Waals surface area contributed by atoms with Gasteiger partial charge in [0.15, 0.2) is 0 Å².